The molecular formula is C22H24ClN3O5. The first-order chi connectivity index (χ1) is 14.7. The number of ketones is 1. The van der Waals surface area contributed by atoms with E-state index in [1.807, 2.05) is 24.3 Å². The number of hydrogen-bond donors (Lipinski definition) is 0. The van der Waals surface area contributed by atoms with Gasteiger partial charge in [-0.05, 0) is 43.2 Å². The summed E-state index contributed by atoms with van der Waals surface area (Å²) in [7, 11) is 0. The first-order valence-corrected chi connectivity index (χ1v) is 10.3. The molecule has 2 aromatic carbocycles. The summed E-state index contributed by atoms with van der Waals surface area (Å²) in [5.41, 5.74) is 1.52. The lowest BCUT2D eigenvalue weighted by atomic mass is 10.1. The van der Waals surface area contributed by atoms with Gasteiger partial charge in [0.15, 0.2) is 12.4 Å². The molecule has 3 rings (SSSR count). The van der Waals surface area contributed by atoms with Crippen LogP contribution in [0.2, 0.25) is 5.02 Å². The highest BCUT2D eigenvalue weighted by Crippen LogP contribution is 2.33. The summed E-state index contributed by atoms with van der Waals surface area (Å²) in [5.74, 6) is -0.779. The molecule has 31 heavy (non-hydrogen) atoms. The third kappa shape index (κ3) is 5.80. The molecule has 1 heterocycles. The minimum absolute atomic E-state index is 0.104. The molecule has 0 unspecified atom stereocenters. The molecule has 0 atom stereocenters. The van der Waals surface area contributed by atoms with Crippen LogP contribution in [0.1, 0.15) is 28.4 Å². The van der Waals surface area contributed by atoms with Crippen LogP contribution in [-0.4, -0.2) is 59.2 Å². The van der Waals surface area contributed by atoms with Crippen LogP contribution in [0.15, 0.2) is 36.4 Å². The van der Waals surface area contributed by atoms with Crippen LogP contribution >= 0.6 is 11.6 Å². The van der Waals surface area contributed by atoms with E-state index < -0.39 is 4.92 Å². The molecule has 9 heteroatoms. The Kier molecular flexibility index (Phi) is 7.25. The zero-order chi connectivity index (χ0) is 22.5. The van der Waals surface area contributed by atoms with Crippen molar-refractivity contribution in [2.45, 2.75) is 20.4 Å². The lowest BCUT2D eigenvalue weighted by molar-refractivity contribution is -0.385. The summed E-state index contributed by atoms with van der Waals surface area (Å²) in [5, 5.41) is 12.1. The van der Waals surface area contributed by atoms with Crippen molar-refractivity contribution in [2.24, 2.45) is 0 Å². The second-order valence-corrected chi connectivity index (χ2v) is 7.98. The summed E-state index contributed by atoms with van der Waals surface area (Å²) < 4.78 is 5.51. The molecule has 0 saturated carbocycles. The largest absolute Gasteiger partial charge is 0.476 e. The summed E-state index contributed by atoms with van der Waals surface area (Å²) in [6, 6.07) is 10.5. The van der Waals surface area contributed by atoms with Crippen molar-refractivity contribution >= 4 is 29.0 Å². The maximum atomic E-state index is 12.6. The molecule has 8 nitrogen and oxygen atoms in total. The van der Waals surface area contributed by atoms with Gasteiger partial charge in [-0.15, -0.1) is 0 Å². The van der Waals surface area contributed by atoms with Crippen LogP contribution in [0.3, 0.4) is 0 Å². The van der Waals surface area contributed by atoms with Gasteiger partial charge in [0.25, 0.3) is 5.91 Å². The standard InChI is InChI=1S/C22H24ClN3O5/c1-15-11-19(16(2)27)22(20(12-15)26(29)30)31-14-21(28)25-9-7-24(8-10-25)13-17-3-5-18(23)6-4-17/h3-6,11-12H,7-10,13-14H2,1-2H3. The highest BCUT2D eigenvalue weighted by molar-refractivity contribution is 6.30. The van der Waals surface area contributed by atoms with Gasteiger partial charge in [0, 0.05) is 43.8 Å². The van der Waals surface area contributed by atoms with Gasteiger partial charge in [0.1, 0.15) is 0 Å². The van der Waals surface area contributed by atoms with Crippen LogP contribution in [0.5, 0.6) is 5.75 Å². The number of nitro groups is 1. The highest BCUT2D eigenvalue weighted by atomic mass is 35.5. The molecule has 164 valence electrons. The average Bonchev–Trinajstić information content (AvgIpc) is 2.74. The molecule has 1 aliphatic heterocycles. The van der Waals surface area contributed by atoms with Crippen LogP contribution in [0.25, 0.3) is 0 Å². The maximum absolute atomic E-state index is 12.6. The number of amides is 1. The number of piperazine rings is 1. The predicted molar refractivity (Wildman–Crippen MR) is 117 cm³/mol. The fourth-order valence-corrected chi connectivity index (χ4v) is 3.66. The minimum Gasteiger partial charge on any atom is -0.476 e. The van der Waals surface area contributed by atoms with E-state index in [9.17, 15) is 19.7 Å². The van der Waals surface area contributed by atoms with Gasteiger partial charge in [-0.2, -0.15) is 0 Å². The quantitative estimate of drug-likeness (QED) is 0.368. The first-order valence-electron chi connectivity index (χ1n) is 9.92. The molecule has 0 spiro atoms. The number of benzene rings is 2. The Morgan fingerprint density at radius 1 is 1.13 bits per heavy atom. The second-order valence-electron chi connectivity index (χ2n) is 7.55. The maximum Gasteiger partial charge on any atom is 0.311 e. The molecule has 0 aromatic heterocycles. The summed E-state index contributed by atoms with van der Waals surface area (Å²) >= 11 is 5.92. The smallest absolute Gasteiger partial charge is 0.311 e. The predicted octanol–water partition coefficient (Wildman–Crippen LogP) is 3.48. The number of nitro benzene ring substituents is 1. The zero-order valence-electron chi connectivity index (χ0n) is 17.5. The Balaban J connectivity index is 1.59. The van der Waals surface area contributed by atoms with Gasteiger partial charge in [-0.3, -0.25) is 24.6 Å². The number of nitrogens with zero attached hydrogens (tertiary/aromatic N) is 3. The number of carbonyl (C=O) groups is 2. The Hall–Kier alpha value is -2.97. The van der Waals surface area contributed by atoms with Crippen LogP contribution < -0.4 is 4.74 Å². The van der Waals surface area contributed by atoms with Crippen molar-refractivity contribution in [1.82, 2.24) is 9.80 Å². The SMILES string of the molecule is CC(=O)c1cc(C)cc([N+](=O)[O-])c1OCC(=O)N1CCN(Cc2ccc(Cl)cc2)CC1. The fraction of sp³-hybridized carbons (Fsp3) is 0.364. The van der Waals surface area contributed by atoms with Crippen LogP contribution in [0.4, 0.5) is 5.69 Å². The summed E-state index contributed by atoms with van der Waals surface area (Å²) in [4.78, 5) is 39.3. The van der Waals surface area contributed by atoms with E-state index in [-0.39, 0.29) is 35.3 Å². The number of halogens is 1. The molecule has 1 saturated heterocycles. The van der Waals surface area contributed by atoms with E-state index in [1.54, 1.807) is 11.8 Å². The third-order valence-electron chi connectivity index (χ3n) is 5.17. The van der Waals surface area contributed by atoms with E-state index in [0.29, 0.717) is 36.8 Å². The van der Waals surface area contributed by atoms with E-state index in [0.717, 1.165) is 12.1 Å². The molecule has 0 N–H and O–H groups in total. The monoisotopic (exact) mass is 445 g/mol. The molecule has 1 fully saturated rings. The normalized spacial score (nSPS) is 14.4. The first kappa shape index (κ1) is 22.7. The summed E-state index contributed by atoms with van der Waals surface area (Å²) in [6.45, 7) is 5.87. The molecule has 0 radical (unpaired) electrons. The van der Waals surface area contributed by atoms with Gasteiger partial charge in [0.05, 0.1) is 10.5 Å². The molecule has 0 bridgehead atoms. The van der Waals surface area contributed by atoms with Crippen molar-refractivity contribution in [3.05, 3.63) is 68.2 Å². The average molecular weight is 446 g/mol. The molecular weight excluding hydrogens is 422 g/mol. The number of aryl methyl sites for hydroxylation is 1. The van der Waals surface area contributed by atoms with Crippen molar-refractivity contribution in [2.75, 3.05) is 32.8 Å². The molecule has 0 aliphatic carbocycles. The number of Topliss-reactive ketones (excluding diaryl/α,β-unsaturated/α-hetero) is 1. The number of carbonyl (C=O) groups excluding carboxylic acids is 2. The topological polar surface area (TPSA) is 93.0 Å². The number of rotatable bonds is 7. The number of ether oxygens (including phenoxy) is 1. The molecule has 1 amide bonds. The van der Waals surface area contributed by atoms with Gasteiger partial charge in [-0.25, -0.2) is 0 Å². The van der Waals surface area contributed by atoms with Crippen LogP contribution in [-0.2, 0) is 11.3 Å². The zero-order valence-corrected chi connectivity index (χ0v) is 18.2. The molecule has 1 aliphatic rings. The van der Waals surface area contributed by atoms with Gasteiger partial charge in [0.2, 0.25) is 5.75 Å². The van der Waals surface area contributed by atoms with E-state index in [4.69, 9.17) is 16.3 Å². The number of hydrogen-bond acceptors (Lipinski definition) is 6. The van der Waals surface area contributed by atoms with Gasteiger partial charge >= 0.3 is 5.69 Å². The summed E-state index contributed by atoms with van der Waals surface area (Å²) in [6.07, 6.45) is 0. The molecule has 2 aromatic rings. The van der Waals surface area contributed by atoms with E-state index in [2.05, 4.69) is 4.90 Å². The Bertz CT molecular complexity index is 950. The highest BCUT2D eigenvalue weighted by Gasteiger charge is 2.26. The van der Waals surface area contributed by atoms with Crippen molar-refractivity contribution < 1.29 is 19.2 Å². The van der Waals surface area contributed by atoms with Crippen molar-refractivity contribution in [1.29, 1.82) is 0 Å². The fourth-order valence-electron chi connectivity index (χ4n) is 3.53. The lowest BCUT2D eigenvalue weighted by Gasteiger charge is -2.34. The Labute approximate surface area is 185 Å². The Morgan fingerprint density at radius 3 is 2.35 bits per heavy atom. The van der Waals surface area contributed by atoms with E-state index >= 15 is 0 Å². The van der Waals surface area contributed by atoms with E-state index in [1.165, 1.54) is 19.1 Å². The second kappa shape index (κ2) is 9.89. The van der Waals surface area contributed by atoms with Gasteiger partial charge in [-0.1, -0.05) is 23.7 Å². The van der Waals surface area contributed by atoms with Crippen LogP contribution in [0, 0.1) is 17.0 Å². The third-order valence-corrected chi connectivity index (χ3v) is 5.43. The van der Waals surface area contributed by atoms with Crippen molar-refractivity contribution in [3.63, 3.8) is 0 Å². The Morgan fingerprint density at radius 2 is 1.77 bits per heavy atom. The minimum atomic E-state index is -0.602. The lowest BCUT2D eigenvalue weighted by Crippen LogP contribution is -2.49. The van der Waals surface area contributed by atoms with Gasteiger partial charge < -0.3 is 9.64 Å². The van der Waals surface area contributed by atoms with Crippen molar-refractivity contribution in [3.8, 4) is 5.75 Å².